The van der Waals surface area contributed by atoms with Gasteiger partial charge in [-0.3, -0.25) is 9.69 Å². The van der Waals surface area contributed by atoms with E-state index in [1.165, 1.54) is 0 Å². The van der Waals surface area contributed by atoms with E-state index in [4.69, 9.17) is 5.26 Å². The first-order chi connectivity index (χ1) is 9.08. The van der Waals surface area contributed by atoms with Gasteiger partial charge >= 0.3 is 0 Å². The Morgan fingerprint density at radius 1 is 1.63 bits per heavy atom. The Hall–Kier alpha value is -1.42. The number of carbonyl (C=O) groups excluding carboxylic acids is 1. The molecule has 6 heteroatoms. The SMILES string of the molecule is CN(CC(=O)NCC#N)C(CO)c1cccc(Br)c1. The minimum atomic E-state index is -0.259. The fourth-order valence-corrected chi connectivity index (χ4v) is 2.16. The van der Waals surface area contributed by atoms with Crippen LogP contribution in [0.3, 0.4) is 0 Å². The van der Waals surface area contributed by atoms with Gasteiger partial charge in [-0.05, 0) is 24.7 Å². The van der Waals surface area contributed by atoms with Crippen molar-refractivity contribution in [2.75, 3.05) is 26.7 Å². The van der Waals surface area contributed by atoms with Crippen LogP contribution < -0.4 is 5.32 Å². The van der Waals surface area contributed by atoms with Gasteiger partial charge in [0, 0.05) is 4.47 Å². The van der Waals surface area contributed by atoms with Crippen molar-refractivity contribution in [3.63, 3.8) is 0 Å². The van der Waals surface area contributed by atoms with Crippen molar-refractivity contribution >= 4 is 21.8 Å². The zero-order chi connectivity index (χ0) is 14.3. The standard InChI is InChI=1S/C13H16BrN3O2/c1-17(8-13(19)16-6-5-15)12(9-18)10-3-2-4-11(14)7-10/h2-4,7,12,18H,6,8-9H2,1H3,(H,16,19). The first-order valence-electron chi connectivity index (χ1n) is 5.78. The normalized spacial score (nSPS) is 11.9. The number of aliphatic hydroxyl groups excluding tert-OH is 1. The quantitative estimate of drug-likeness (QED) is 0.767. The lowest BCUT2D eigenvalue weighted by Gasteiger charge is -2.26. The summed E-state index contributed by atoms with van der Waals surface area (Å²) in [5.41, 5.74) is 0.924. The summed E-state index contributed by atoms with van der Waals surface area (Å²) in [6.07, 6.45) is 0. The molecule has 1 unspecified atom stereocenters. The number of nitrogens with zero attached hydrogens (tertiary/aromatic N) is 2. The fraction of sp³-hybridized carbons (Fsp3) is 0.385. The third kappa shape index (κ3) is 4.99. The summed E-state index contributed by atoms with van der Waals surface area (Å²) in [7, 11) is 1.76. The van der Waals surface area contributed by atoms with Crippen LogP contribution in [0.15, 0.2) is 28.7 Å². The molecule has 0 bridgehead atoms. The summed E-state index contributed by atoms with van der Waals surface area (Å²) in [5.74, 6) is -0.238. The van der Waals surface area contributed by atoms with Crippen LogP contribution in [0.1, 0.15) is 11.6 Å². The predicted molar refractivity (Wildman–Crippen MR) is 75.2 cm³/mol. The third-order valence-electron chi connectivity index (χ3n) is 2.70. The van der Waals surface area contributed by atoms with Crippen molar-refractivity contribution in [3.05, 3.63) is 34.3 Å². The number of hydrogen-bond donors (Lipinski definition) is 2. The highest BCUT2D eigenvalue weighted by Crippen LogP contribution is 2.21. The van der Waals surface area contributed by atoms with Gasteiger partial charge in [0.05, 0.1) is 25.3 Å². The number of nitrogens with one attached hydrogen (secondary N) is 1. The predicted octanol–water partition coefficient (Wildman–Crippen LogP) is 1.05. The molecule has 0 saturated carbocycles. The minimum Gasteiger partial charge on any atom is -0.394 e. The number of aliphatic hydroxyl groups is 1. The van der Waals surface area contributed by atoms with Crippen molar-refractivity contribution in [3.8, 4) is 6.07 Å². The molecule has 0 heterocycles. The molecule has 0 spiro atoms. The second-order valence-electron chi connectivity index (χ2n) is 4.10. The second kappa shape index (κ2) is 7.89. The van der Waals surface area contributed by atoms with E-state index in [0.717, 1.165) is 10.0 Å². The molecule has 0 saturated heterocycles. The highest BCUT2D eigenvalue weighted by atomic mass is 79.9. The van der Waals surface area contributed by atoms with Crippen LogP contribution >= 0.6 is 15.9 Å². The van der Waals surface area contributed by atoms with Crippen molar-refractivity contribution in [1.29, 1.82) is 5.26 Å². The first kappa shape index (κ1) is 15.6. The van der Waals surface area contributed by atoms with Gasteiger partial charge in [0.15, 0.2) is 0 Å². The van der Waals surface area contributed by atoms with Crippen LogP contribution in [-0.4, -0.2) is 42.7 Å². The molecule has 5 nitrogen and oxygen atoms in total. The molecule has 1 amide bonds. The molecule has 102 valence electrons. The van der Waals surface area contributed by atoms with E-state index in [9.17, 15) is 9.90 Å². The van der Waals surface area contributed by atoms with Crippen LogP contribution in [0, 0.1) is 11.3 Å². The monoisotopic (exact) mass is 325 g/mol. The van der Waals surface area contributed by atoms with Crippen LogP contribution in [0.2, 0.25) is 0 Å². The zero-order valence-corrected chi connectivity index (χ0v) is 12.2. The van der Waals surface area contributed by atoms with Crippen LogP contribution in [0.25, 0.3) is 0 Å². The summed E-state index contributed by atoms with van der Waals surface area (Å²) in [6, 6.07) is 9.18. The molecule has 0 aromatic heterocycles. The summed E-state index contributed by atoms with van der Waals surface area (Å²) in [5, 5.41) is 20.4. The lowest BCUT2D eigenvalue weighted by atomic mass is 10.1. The highest BCUT2D eigenvalue weighted by Gasteiger charge is 2.18. The molecule has 1 aromatic carbocycles. The maximum absolute atomic E-state index is 11.5. The maximum Gasteiger partial charge on any atom is 0.235 e. The van der Waals surface area contributed by atoms with E-state index in [0.29, 0.717) is 0 Å². The number of amides is 1. The van der Waals surface area contributed by atoms with Gasteiger partial charge in [-0.15, -0.1) is 0 Å². The van der Waals surface area contributed by atoms with Gasteiger partial charge in [-0.25, -0.2) is 0 Å². The number of hydrogen-bond acceptors (Lipinski definition) is 4. The van der Waals surface area contributed by atoms with Crippen molar-refractivity contribution in [2.45, 2.75) is 6.04 Å². The summed E-state index contributed by atoms with van der Waals surface area (Å²) in [6.45, 7) is 0.0330. The smallest absolute Gasteiger partial charge is 0.235 e. The molecule has 0 aliphatic rings. The van der Waals surface area contributed by atoms with Crippen molar-refractivity contribution in [2.24, 2.45) is 0 Å². The number of rotatable bonds is 6. The molecular formula is C13H16BrN3O2. The number of carbonyl (C=O) groups is 1. The largest absolute Gasteiger partial charge is 0.394 e. The Morgan fingerprint density at radius 3 is 2.95 bits per heavy atom. The number of benzene rings is 1. The van der Waals surface area contributed by atoms with Gasteiger partial charge < -0.3 is 10.4 Å². The molecule has 1 rings (SSSR count). The number of likely N-dealkylation sites (N-methyl/N-ethyl adjacent to an activating group) is 1. The van der Waals surface area contributed by atoms with E-state index < -0.39 is 0 Å². The maximum atomic E-state index is 11.5. The Balaban J connectivity index is 2.69. The van der Waals surface area contributed by atoms with E-state index >= 15 is 0 Å². The first-order valence-corrected chi connectivity index (χ1v) is 6.58. The van der Waals surface area contributed by atoms with E-state index in [1.807, 2.05) is 30.3 Å². The van der Waals surface area contributed by atoms with E-state index in [-0.39, 0.29) is 31.6 Å². The Kier molecular flexibility index (Phi) is 6.50. The Morgan fingerprint density at radius 2 is 2.37 bits per heavy atom. The molecule has 0 fully saturated rings. The molecule has 1 atom stereocenters. The van der Waals surface area contributed by atoms with Crippen LogP contribution in [-0.2, 0) is 4.79 Å². The molecule has 0 aliphatic heterocycles. The van der Waals surface area contributed by atoms with Gasteiger partial charge in [0.1, 0.15) is 6.54 Å². The fourth-order valence-electron chi connectivity index (χ4n) is 1.74. The third-order valence-corrected chi connectivity index (χ3v) is 3.19. The van der Waals surface area contributed by atoms with Gasteiger partial charge in [0.2, 0.25) is 5.91 Å². The second-order valence-corrected chi connectivity index (χ2v) is 5.02. The minimum absolute atomic E-state index is 0.00660. The summed E-state index contributed by atoms with van der Waals surface area (Å²) in [4.78, 5) is 13.3. The van der Waals surface area contributed by atoms with E-state index in [1.54, 1.807) is 11.9 Å². The Bertz CT molecular complexity index is 473. The van der Waals surface area contributed by atoms with Crippen LogP contribution in [0.4, 0.5) is 0 Å². The molecule has 19 heavy (non-hydrogen) atoms. The topological polar surface area (TPSA) is 76.4 Å². The average molecular weight is 326 g/mol. The van der Waals surface area contributed by atoms with Gasteiger partial charge in [0.25, 0.3) is 0 Å². The van der Waals surface area contributed by atoms with Crippen molar-refractivity contribution in [1.82, 2.24) is 10.2 Å². The summed E-state index contributed by atoms with van der Waals surface area (Å²) < 4.78 is 0.922. The molecule has 2 N–H and O–H groups in total. The molecule has 0 aliphatic carbocycles. The van der Waals surface area contributed by atoms with E-state index in [2.05, 4.69) is 21.2 Å². The van der Waals surface area contributed by atoms with Gasteiger partial charge in [-0.1, -0.05) is 28.1 Å². The number of halogens is 1. The Labute approximate surface area is 121 Å². The van der Waals surface area contributed by atoms with Gasteiger partial charge in [-0.2, -0.15) is 5.26 Å². The highest BCUT2D eigenvalue weighted by molar-refractivity contribution is 9.10. The molecule has 0 radical (unpaired) electrons. The lowest BCUT2D eigenvalue weighted by molar-refractivity contribution is -0.122. The number of nitriles is 1. The van der Waals surface area contributed by atoms with Crippen molar-refractivity contribution < 1.29 is 9.90 Å². The molecular weight excluding hydrogens is 310 g/mol. The average Bonchev–Trinajstić information content (AvgIpc) is 2.37. The van der Waals surface area contributed by atoms with Crippen LogP contribution in [0.5, 0.6) is 0 Å². The zero-order valence-electron chi connectivity index (χ0n) is 10.6. The lowest BCUT2D eigenvalue weighted by Crippen LogP contribution is -2.38. The molecule has 1 aromatic rings. The summed E-state index contributed by atoms with van der Waals surface area (Å²) >= 11 is 3.38.